The van der Waals surface area contributed by atoms with E-state index in [0.29, 0.717) is 80.8 Å². The average molecular weight is 1580 g/mol. The minimum absolute atomic E-state index is 0.00462. The second-order valence-electron chi connectivity index (χ2n) is 22.4. The topological polar surface area (TPSA) is 214 Å². The summed E-state index contributed by atoms with van der Waals surface area (Å²) in [6.07, 6.45) is -10.9. The maximum Gasteiger partial charge on any atom is 0.417 e. The highest BCUT2D eigenvalue weighted by molar-refractivity contribution is 6.43. The molecule has 0 aliphatic rings. The number of hydrogen-bond donors (Lipinski definition) is 6. The summed E-state index contributed by atoms with van der Waals surface area (Å²) in [6.45, 7) is 0.610. The third-order valence-corrected chi connectivity index (χ3v) is 18.2. The zero-order valence-electron chi connectivity index (χ0n) is 52.9. The molecule has 0 bridgehead atoms. The molecule has 3 amide bonds. The minimum atomic E-state index is -4.82. The zero-order valence-corrected chi connectivity index (χ0v) is 59.0. The molecule has 6 aromatic carbocycles. The van der Waals surface area contributed by atoms with Crippen molar-refractivity contribution in [2.45, 2.75) is 57.1 Å². The highest BCUT2D eigenvalue weighted by atomic mass is 35.5. The maximum atomic E-state index is 13.9. The summed E-state index contributed by atoms with van der Waals surface area (Å²) in [6, 6.07) is 26.8. The van der Waals surface area contributed by atoms with Gasteiger partial charge in [0.1, 0.15) is 5.82 Å². The van der Waals surface area contributed by atoms with Gasteiger partial charge in [0, 0.05) is 46.3 Å². The Morgan fingerprint density at radius 3 is 1.04 bits per heavy atom. The summed E-state index contributed by atoms with van der Waals surface area (Å²) >= 11 is 47.0. The predicted octanol–water partition coefficient (Wildman–Crippen LogP) is 17.8. The van der Waals surface area contributed by atoms with E-state index in [1.807, 2.05) is 6.07 Å². The smallest absolute Gasteiger partial charge is 0.417 e. The molecule has 9 rings (SSSR count). The summed E-state index contributed by atoms with van der Waals surface area (Å²) < 4.78 is 135. The Hall–Kier alpha value is -8.40. The first kappa shape index (κ1) is 80.9. The molecule has 9 aromatic rings. The Morgan fingerprint density at radius 1 is 0.373 bits per heavy atom. The fourth-order valence-corrected chi connectivity index (χ4v) is 11.4. The van der Waals surface area contributed by atoms with Gasteiger partial charge in [-0.05, 0) is 163 Å². The average Bonchev–Trinajstić information content (AvgIpc) is 0.788. The van der Waals surface area contributed by atoms with Crippen LogP contribution in [0.3, 0.4) is 0 Å². The van der Waals surface area contributed by atoms with Gasteiger partial charge in [-0.15, -0.1) is 0 Å². The van der Waals surface area contributed by atoms with Crippen LogP contribution >= 0.6 is 92.8 Å². The number of nitrogens with one attached hydrogen (secondary N) is 3. The summed E-state index contributed by atoms with van der Waals surface area (Å²) in [5.41, 5.74) is -4.73. The number of pyridine rings is 3. The van der Waals surface area contributed by atoms with Crippen molar-refractivity contribution in [2.24, 2.45) is 21.1 Å². The molecule has 6 N–H and O–H groups in total. The molecule has 0 unspecified atom stereocenters. The van der Waals surface area contributed by atoms with Gasteiger partial charge in [-0.25, -0.2) is 4.39 Å². The molecule has 3 aromatic heterocycles. The van der Waals surface area contributed by atoms with Crippen molar-refractivity contribution in [3.63, 3.8) is 0 Å². The van der Waals surface area contributed by atoms with Crippen LogP contribution in [0.4, 0.5) is 43.9 Å². The first-order valence-corrected chi connectivity index (χ1v) is 32.8. The van der Waals surface area contributed by atoms with Crippen LogP contribution in [0.25, 0.3) is 33.8 Å². The molecule has 0 fully saturated rings. The van der Waals surface area contributed by atoms with E-state index in [4.69, 9.17) is 92.8 Å². The van der Waals surface area contributed by atoms with Gasteiger partial charge in [-0.2, -0.15) is 39.5 Å². The number of rotatable bonds is 18. The highest BCUT2D eigenvalue weighted by Gasteiger charge is 2.36. The van der Waals surface area contributed by atoms with Crippen LogP contribution in [-0.2, 0) is 58.9 Å². The number of alkyl halides is 9. The number of aromatic hydroxyl groups is 3. The van der Waals surface area contributed by atoms with Crippen molar-refractivity contribution in [3.8, 4) is 51.0 Å². The summed E-state index contributed by atoms with van der Waals surface area (Å²) in [7, 11) is 3.79. The van der Waals surface area contributed by atoms with E-state index >= 15 is 0 Å². The third kappa shape index (κ3) is 20.5. The summed E-state index contributed by atoms with van der Waals surface area (Å²) in [5.74, 6) is -5.87. The molecular weight excluding hydrogens is 1530 g/mol. The SMILES string of the molecule is Cn1c(-c2cc(F)cc(C(F)(F)F)c2)cc(C(=O)NCCCc2ccc(Cl)c(Cl)c2)c(O)c1=O.Cn1c(-c2ccc(C(F)(F)F)c(Cl)c2)cc(C(=O)NCCCc2ccc(Cl)c(Cl)c2)c(O)c1=O.Cn1c(-c2ccc(Cl)c(C(F)(F)F)c2)cc(C(=O)NCCCc2ccc(Cl)c(Cl)c2)c(O)c1=O. The Kier molecular flexibility index (Phi) is 27.2. The predicted molar refractivity (Wildman–Crippen MR) is 373 cm³/mol. The number of aromatic nitrogens is 3. The molecule has 0 saturated carbocycles. The van der Waals surface area contributed by atoms with Crippen molar-refractivity contribution < 1.29 is 73.6 Å². The standard InChI is InChI=1S/2C23H18Cl3F3N2O3.C23H18Cl2F4N2O3/c1-31-19(13-5-6-15(17(25)10-13)23(27,28)29)11-14(20(32)22(31)34)21(33)30-8-2-3-12-4-7-16(24)18(26)9-12;1-31-19(13-5-7-16(24)15(10-13)23(27,28)29)11-14(20(32)22(31)34)21(33)30-8-2-3-12-4-6-17(25)18(26)9-12;1-31-19(13-8-14(23(27,28)29)10-15(26)9-13)11-16(20(32)22(31)34)21(33)30-6-2-3-12-4-5-17(24)18(25)7-12/h2*4-7,9-11,32H,2-3,8H2,1H3,(H,30,33);4-5,7-11,32H,2-3,6H2,1H3,(H,30,33). The van der Waals surface area contributed by atoms with Crippen molar-refractivity contribution in [3.05, 3.63) is 255 Å². The number of carbonyl (C=O) groups is 3. The van der Waals surface area contributed by atoms with E-state index in [-0.39, 0.29) is 64.5 Å². The molecule has 33 heteroatoms. The van der Waals surface area contributed by atoms with E-state index < -0.39 is 108 Å². The quantitative estimate of drug-likeness (QED) is 0.0356. The lowest BCUT2D eigenvalue weighted by molar-refractivity contribution is -0.138. The van der Waals surface area contributed by atoms with Crippen LogP contribution in [0.5, 0.6) is 17.2 Å². The van der Waals surface area contributed by atoms with E-state index in [0.717, 1.165) is 78.9 Å². The number of carbonyl (C=O) groups excluding carboxylic acids is 3. The van der Waals surface area contributed by atoms with Gasteiger partial charge in [0.15, 0.2) is 17.2 Å². The van der Waals surface area contributed by atoms with E-state index in [9.17, 15) is 88.0 Å². The Labute approximate surface area is 613 Å². The number of aryl methyl sites for hydroxylation is 3. The number of halogens is 18. The van der Waals surface area contributed by atoms with Gasteiger partial charge >= 0.3 is 18.5 Å². The molecule has 0 atom stereocenters. The van der Waals surface area contributed by atoms with E-state index in [1.165, 1.54) is 33.3 Å². The molecule has 102 heavy (non-hydrogen) atoms. The lowest BCUT2D eigenvalue weighted by Crippen LogP contribution is -2.28. The highest BCUT2D eigenvalue weighted by Crippen LogP contribution is 2.40. The minimum Gasteiger partial charge on any atom is -0.502 e. The lowest BCUT2D eigenvalue weighted by Gasteiger charge is -2.15. The fourth-order valence-electron chi connectivity index (χ4n) is 9.97. The lowest BCUT2D eigenvalue weighted by atomic mass is 10.0. The van der Waals surface area contributed by atoms with Gasteiger partial charge < -0.3 is 45.0 Å². The molecule has 0 saturated heterocycles. The largest absolute Gasteiger partial charge is 0.502 e. The molecule has 15 nitrogen and oxygen atoms in total. The summed E-state index contributed by atoms with van der Waals surface area (Å²) in [5, 5.41) is 39.8. The van der Waals surface area contributed by atoms with Crippen LogP contribution in [0.1, 0.15) is 83.7 Å². The number of amides is 3. The van der Waals surface area contributed by atoms with Crippen LogP contribution in [-0.4, -0.2) is 66.4 Å². The number of nitrogens with zero attached hydrogens (tertiary/aromatic N) is 3. The Morgan fingerprint density at radius 2 is 0.706 bits per heavy atom. The van der Waals surface area contributed by atoms with Gasteiger partial charge in [0.25, 0.3) is 34.4 Å². The molecule has 3 heterocycles. The van der Waals surface area contributed by atoms with Crippen LogP contribution < -0.4 is 32.6 Å². The summed E-state index contributed by atoms with van der Waals surface area (Å²) in [4.78, 5) is 75.3. The zero-order chi connectivity index (χ0) is 75.6. The van der Waals surface area contributed by atoms with Gasteiger partial charge in [0.05, 0.1) is 90.6 Å². The van der Waals surface area contributed by atoms with Crippen molar-refractivity contribution in [1.82, 2.24) is 29.7 Å². The Balaban J connectivity index is 0.000000214. The van der Waals surface area contributed by atoms with Crippen molar-refractivity contribution >= 4 is 111 Å². The number of benzene rings is 6. The first-order valence-electron chi connectivity index (χ1n) is 29.8. The second kappa shape index (κ2) is 34.3. The molecular formula is C69H54Cl8F10N6O9. The van der Waals surface area contributed by atoms with Gasteiger partial charge in [-0.3, -0.25) is 28.8 Å². The van der Waals surface area contributed by atoms with Gasteiger partial charge in [-0.1, -0.05) is 123 Å². The van der Waals surface area contributed by atoms with Crippen LogP contribution in [0, 0.1) is 5.82 Å². The van der Waals surface area contributed by atoms with E-state index in [2.05, 4.69) is 16.0 Å². The van der Waals surface area contributed by atoms with Crippen LogP contribution in [0.2, 0.25) is 40.2 Å². The molecule has 0 aliphatic carbocycles. The molecule has 0 radical (unpaired) electrons. The molecule has 0 spiro atoms. The Bertz CT molecular complexity index is 4870. The van der Waals surface area contributed by atoms with E-state index in [1.54, 1.807) is 48.5 Å². The molecule has 0 aliphatic heterocycles. The van der Waals surface area contributed by atoms with Gasteiger partial charge in [0.2, 0.25) is 0 Å². The second-order valence-corrected chi connectivity index (χ2v) is 25.7. The fraction of sp³-hybridized carbons (Fsp3) is 0.217. The first-order chi connectivity index (χ1) is 47.7. The maximum absolute atomic E-state index is 13.9. The molecule has 540 valence electrons. The third-order valence-electron chi connectivity index (χ3n) is 15.3. The number of hydrogen-bond acceptors (Lipinski definition) is 9. The van der Waals surface area contributed by atoms with Crippen LogP contribution in [0.15, 0.2) is 142 Å². The normalized spacial score (nSPS) is 11.5. The van der Waals surface area contributed by atoms with Crippen molar-refractivity contribution in [2.75, 3.05) is 19.6 Å². The monoisotopic (exact) mass is 1580 g/mol. The van der Waals surface area contributed by atoms with Crippen molar-refractivity contribution in [1.29, 1.82) is 0 Å².